The predicted molar refractivity (Wildman–Crippen MR) is 73.8 cm³/mol. The van der Waals surface area contributed by atoms with Crippen LogP contribution in [0.5, 0.6) is 0 Å². The maximum atomic E-state index is 12.4. The molecule has 0 saturated heterocycles. The Morgan fingerprint density at radius 3 is 2.86 bits per heavy atom. The molecule has 2 heterocycles. The summed E-state index contributed by atoms with van der Waals surface area (Å²) in [4.78, 5) is 24.4. The van der Waals surface area contributed by atoms with Crippen LogP contribution in [0.25, 0.3) is 0 Å². The zero-order valence-corrected chi connectivity index (χ0v) is 11.7. The van der Waals surface area contributed by atoms with Gasteiger partial charge < -0.3 is 14.6 Å². The van der Waals surface area contributed by atoms with Crippen LogP contribution in [0.3, 0.4) is 0 Å². The second kappa shape index (κ2) is 4.73. The van der Waals surface area contributed by atoms with Crippen molar-refractivity contribution >= 4 is 17.7 Å². The van der Waals surface area contributed by atoms with Crippen LogP contribution in [0, 0.1) is 6.92 Å². The van der Waals surface area contributed by atoms with Crippen LogP contribution in [-0.4, -0.2) is 22.6 Å². The van der Waals surface area contributed by atoms with Crippen LogP contribution in [0.4, 0.5) is 5.82 Å². The van der Waals surface area contributed by atoms with Crippen molar-refractivity contribution in [2.45, 2.75) is 25.9 Å². The van der Waals surface area contributed by atoms with Gasteiger partial charge in [0.2, 0.25) is 0 Å². The van der Waals surface area contributed by atoms with Crippen molar-refractivity contribution in [3.05, 3.63) is 47.2 Å². The molecule has 1 atom stereocenters. The van der Waals surface area contributed by atoms with Gasteiger partial charge in [-0.25, -0.2) is 4.79 Å². The Kier molecular flexibility index (Phi) is 3.01. The Morgan fingerprint density at radius 2 is 2.14 bits per heavy atom. The van der Waals surface area contributed by atoms with E-state index in [2.05, 4.69) is 10.5 Å². The number of fused-ring (bicyclic) bond motifs is 1. The lowest BCUT2D eigenvalue weighted by Crippen LogP contribution is -2.48. The average Bonchev–Trinajstić information content (AvgIpc) is 2.84. The van der Waals surface area contributed by atoms with Gasteiger partial charge in [-0.15, -0.1) is 0 Å². The van der Waals surface area contributed by atoms with Gasteiger partial charge in [-0.05, 0) is 25.5 Å². The van der Waals surface area contributed by atoms with Crippen LogP contribution in [0.1, 0.15) is 28.6 Å². The Bertz CT molecular complexity index is 722. The van der Waals surface area contributed by atoms with Crippen molar-refractivity contribution in [2.24, 2.45) is 0 Å². The fraction of sp³-hybridized carbons (Fsp3) is 0.267. The number of rotatable bonds is 2. The first kappa shape index (κ1) is 13.4. The molecule has 0 radical (unpaired) electrons. The van der Waals surface area contributed by atoms with Gasteiger partial charge in [0.05, 0.1) is 5.56 Å². The number of amides is 1. The number of aromatic nitrogens is 1. The third-order valence-electron chi connectivity index (χ3n) is 3.43. The summed E-state index contributed by atoms with van der Waals surface area (Å²) in [7, 11) is 0. The molecule has 21 heavy (non-hydrogen) atoms. The molecule has 0 spiro atoms. The normalized spacial score (nSPS) is 20.6. The van der Waals surface area contributed by atoms with E-state index in [1.54, 1.807) is 32.0 Å². The Balaban J connectivity index is 1.85. The zero-order valence-electron chi connectivity index (χ0n) is 11.7. The number of cyclic esters (lactones) is 1. The summed E-state index contributed by atoms with van der Waals surface area (Å²) >= 11 is 0. The molecule has 1 aromatic heterocycles. The Hall–Kier alpha value is -2.63. The van der Waals surface area contributed by atoms with Crippen LogP contribution >= 0.6 is 0 Å². The molecule has 0 bridgehead atoms. The molecule has 1 amide bonds. The minimum Gasteiger partial charge on any atom is -0.445 e. The van der Waals surface area contributed by atoms with E-state index in [9.17, 15) is 9.59 Å². The van der Waals surface area contributed by atoms with Crippen molar-refractivity contribution in [3.63, 3.8) is 0 Å². The number of esters is 1. The molecule has 1 aliphatic rings. The number of carbonyl (C=O) groups is 2. The number of nitrogens with zero attached hydrogens (tertiary/aromatic N) is 1. The Labute approximate surface area is 121 Å². The van der Waals surface area contributed by atoms with E-state index < -0.39 is 17.5 Å². The highest BCUT2D eigenvalue weighted by atomic mass is 16.6. The van der Waals surface area contributed by atoms with E-state index in [-0.39, 0.29) is 0 Å². The quantitative estimate of drug-likeness (QED) is 0.855. The fourth-order valence-electron chi connectivity index (χ4n) is 2.33. The number of benzene rings is 1. The molecule has 0 fully saturated rings. The molecule has 0 unspecified atom stereocenters. The minimum absolute atomic E-state index is 0.300. The highest BCUT2D eigenvalue weighted by Gasteiger charge is 2.42. The first-order chi connectivity index (χ1) is 9.98. The monoisotopic (exact) mass is 286 g/mol. The van der Waals surface area contributed by atoms with Gasteiger partial charge in [-0.1, -0.05) is 23.4 Å². The van der Waals surface area contributed by atoms with Gasteiger partial charge in [0.25, 0.3) is 5.91 Å². The third-order valence-corrected chi connectivity index (χ3v) is 3.43. The van der Waals surface area contributed by atoms with Crippen LogP contribution in [-0.2, 0) is 16.0 Å². The fourth-order valence-corrected chi connectivity index (χ4v) is 2.33. The summed E-state index contributed by atoms with van der Waals surface area (Å²) in [6.45, 7) is 3.31. The van der Waals surface area contributed by atoms with Crippen molar-refractivity contribution in [1.29, 1.82) is 0 Å². The molecule has 108 valence electrons. The van der Waals surface area contributed by atoms with Crippen LogP contribution in [0.2, 0.25) is 0 Å². The number of aryl methyl sites for hydroxylation is 1. The van der Waals surface area contributed by atoms with Crippen molar-refractivity contribution in [1.82, 2.24) is 5.16 Å². The summed E-state index contributed by atoms with van der Waals surface area (Å²) in [5.74, 6) is -0.0421. The number of carbonyl (C=O) groups excluding carboxylic acids is 2. The summed E-state index contributed by atoms with van der Waals surface area (Å²) in [6.07, 6.45) is 0.317. The smallest absolute Gasteiger partial charge is 0.339 e. The van der Waals surface area contributed by atoms with Gasteiger partial charge in [0.15, 0.2) is 11.4 Å². The second-order valence-corrected chi connectivity index (χ2v) is 5.23. The molecule has 3 rings (SSSR count). The molecular weight excluding hydrogens is 272 g/mol. The zero-order chi connectivity index (χ0) is 15.0. The van der Waals surface area contributed by atoms with Gasteiger partial charge >= 0.3 is 5.97 Å². The number of anilines is 1. The second-order valence-electron chi connectivity index (χ2n) is 5.23. The molecule has 1 aromatic carbocycles. The van der Waals surface area contributed by atoms with Crippen molar-refractivity contribution in [2.75, 3.05) is 5.32 Å². The topological polar surface area (TPSA) is 81.4 Å². The third kappa shape index (κ3) is 2.40. The first-order valence-electron chi connectivity index (χ1n) is 6.54. The lowest BCUT2D eigenvalue weighted by atomic mass is 9.89. The standard InChI is InChI=1S/C15H14N2O4/c1-9-7-12(17-21-9)16-14(19)15(2)8-10-5-3-4-6-11(10)13(18)20-15/h3-7H,8H2,1-2H3,(H,16,17,19)/t15-/m0/s1. The van der Waals surface area contributed by atoms with Crippen LogP contribution < -0.4 is 5.32 Å². The van der Waals surface area contributed by atoms with E-state index in [0.29, 0.717) is 23.6 Å². The minimum atomic E-state index is -1.27. The maximum Gasteiger partial charge on any atom is 0.339 e. The molecular formula is C15H14N2O4. The van der Waals surface area contributed by atoms with Crippen LogP contribution in [0.15, 0.2) is 34.9 Å². The molecule has 0 aliphatic carbocycles. The highest BCUT2D eigenvalue weighted by Crippen LogP contribution is 2.29. The van der Waals surface area contributed by atoms with Crippen molar-refractivity contribution < 1.29 is 18.8 Å². The molecule has 6 heteroatoms. The van der Waals surface area contributed by atoms with E-state index in [0.717, 1.165) is 5.56 Å². The summed E-state index contributed by atoms with van der Waals surface area (Å²) in [5, 5.41) is 6.30. The number of hydrogen-bond acceptors (Lipinski definition) is 5. The molecule has 2 aromatic rings. The lowest BCUT2D eigenvalue weighted by molar-refractivity contribution is -0.134. The van der Waals surface area contributed by atoms with Gasteiger partial charge in [-0.2, -0.15) is 0 Å². The summed E-state index contributed by atoms with van der Waals surface area (Å²) < 4.78 is 10.2. The maximum absolute atomic E-state index is 12.4. The molecule has 6 nitrogen and oxygen atoms in total. The van der Waals surface area contributed by atoms with Gasteiger partial charge in [0.1, 0.15) is 5.76 Å². The summed E-state index contributed by atoms with van der Waals surface area (Å²) in [6, 6.07) is 8.70. The molecule has 1 aliphatic heterocycles. The van der Waals surface area contributed by atoms with Gasteiger partial charge in [0, 0.05) is 12.5 Å². The van der Waals surface area contributed by atoms with Gasteiger partial charge in [-0.3, -0.25) is 4.79 Å². The average molecular weight is 286 g/mol. The largest absolute Gasteiger partial charge is 0.445 e. The van der Waals surface area contributed by atoms with E-state index in [1.807, 2.05) is 12.1 Å². The molecule has 0 saturated carbocycles. The number of ether oxygens (including phenoxy) is 1. The Morgan fingerprint density at radius 1 is 1.38 bits per heavy atom. The lowest BCUT2D eigenvalue weighted by Gasteiger charge is -2.32. The SMILES string of the molecule is Cc1cc(NC(=O)[C@]2(C)Cc3ccccc3C(=O)O2)no1. The predicted octanol–water partition coefficient (Wildman–Crippen LogP) is 2.09. The van der Waals surface area contributed by atoms with Crippen molar-refractivity contribution in [3.8, 4) is 0 Å². The van der Waals surface area contributed by atoms with E-state index >= 15 is 0 Å². The number of hydrogen-bond donors (Lipinski definition) is 1. The van der Waals surface area contributed by atoms with E-state index in [4.69, 9.17) is 9.26 Å². The molecule has 1 N–H and O–H groups in total. The number of nitrogens with one attached hydrogen (secondary N) is 1. The summed E-state index contributed by atoms with van der Waals surface area (Å²) in [5.41, 5.74) is 0.0287. The highest BCUT2D eigenvalue weighted by molar-refractivity contribution is 6.02. The first-order valence-corrected chi connectivity index (χ1v) is 6.54. The van der Waals surface area contributed by atoms with E-state index in [1.165, 1.54) is 0 Å².